The number of benzene rings is 1. The zero-order valence-corrected chi connectivity index (χ0v) is 14.0. The molecule has 0 bridgehead atoms. The van der Waals surface area contributed by atoms with Crippen LogP contribution >= 0.6 is 0 Å². The highest BCUT2D eigenvalue weighted by Gasteiger charge is 2.20. The van der Waals surface area contributed by atoms with Crippen molar-refractivity contribution < 1.29 is 8.78 Å². The van der Waals surface area contributed by atoms with Crippen molar-refractivity contribution in [3.63, 3.8) is 0 Å². The molecule has 5 nitrogen and oxygen atoms in total. The van der Waals surface area contributed by atoms with E-state index in [0.29, 0.717) is 4.57 Å². The molecule has 0 amide bonds. The third kappa shape index (κ3) is 2.82. The van der Waals surface area contributed by atoms with Crippen molar-refractivity contribution in [3.05, 3.63) is 80.7 Å². The van der Waals surface area contributed by atoms with E-state index in [-0.39, 0.29) is 16.6 Å². The molecule has 3 rings (SSSR count). The van der Waals surface area contributed by atoms with Gasteiger partial charge in [0.05, 0.1) is 5.39 Å². The number of hydrogen-bond donors (Lipinski definition) is 0. The number of pyridine rings is 1. The van der Waals surface area contributed by atoms with Crippen LogP contribution in [0.4, 0.5) is 8.78 Å². The Kier molecular flexibility index (Phi) is 4.50. The lowest BCUT2D eigenvalue weighted by Gasteiger charge is -2.11. The van der Waals surface area contributed by atoms with E-state index >= 15 is 0 Å². The van der Waals surface area contributed by atoms with Gasteiger partial charge in [-0.05, 0) is 37.3 Å². The van der Waals surface area contributed by atoms with Gasteiger partial charge in [0.15, 0.2) is 11.6 Å². The first kappa shape index (κ1) is 17.3. The Morgan fingerprint density at radius 3 is 2.54 bits per heavy atom. The van der Waals surface area contributed by atoms with Gasteiger partial charge in [-0.25, -0.2) is 23.1 Å². The number of aromatic nitrogens is 3. The molecule has 130 valence electrons. The first-order valence-electron chi connectivity index (χ1n) is 7.64. The van der Waals surface area contributed by atoms with Crippen LogP contribution in [0.3, 0.4) is 0 Å². The molecule has 0 saturated heterocycles. The molecule has 26 heavy (non-hydrogen) atoms. The SMILES string of the molecule is CC=CC#Cc1cc(F)c(-n2c(=O)c3cccnc3n(C)c2=O)c(F)c1. The summed E-state index contributed by atoms with van der Waals surface area (Å²) < 4.78 is 30.6. The summed E-state index contributed by atoms with van der Waals surface area (Å²) in [6.45, 7) is 1.76. The Morgan fingerprint density at radius 1 is 1.19 bits per heavy atom. The van der Waals surface area contributed by atoms with E-state index in [4.69, 9.17) is 0 Å². The van der Waals surface area contributed by atoms with E-state index in [1.807, 2.05) is 0 Å². The molecular weight excluding hydrogens is 340 g/mol. The molecule has 0 saturated carbocycles. The molecule has 1 aromatic carbocycles. The van der Waals surface area contributed by atoms with Crippen LogP contribution in [-0.2, 0) is 7.05 Å². The highest BCUT2D eigenvalue weighted by atomic mass is 19.1. The molecule has 0 spiro atoms. The van der Waals surface area contributed by atoms with Crippen molar-refractivity contribution in [1.82, 2.24) is 14.1 Å². The van der Waals surface area contributed by atoms with E-state index in [2.05, 4.69) is 16.8 Å². The van der Waals surface area contributed by atoms with E-state index < -0.39 is 28.6 Å². The minimum Gasteiger partial charge on any atom is -0.280 e. The van der Waals surface area contributed by atoms with Crippen LogP contribution in [0.25, 0.3) is 16.7 Å². The molecule has 0 aliphatic rings. The van der Waals surface area contributed by atoms with Crippen molar-refractivity contribution in [1.29, 1.82) is 0 Å². The summed E-state index contributed by atoms with van der Waals surface area (Å²) in [4.78, 5) is 29.1. The Balaban J connectivity index is 2.34. The Morgan fingerprint density at radius 2 is 1.88 bits per heavy atom. The molecule has 2 heterocycles. The lowest BCUT2D eigenvalue weighted by atomic mass is 10.1. The zero-order valence-electron chi connectivity index (χ0n) is 14.0. The van der Waals surface area contributed by atoms with Gasteiger partial charge in [0, 0.05) is 18.8 Å². The van der Waals surface area contributed by atoms with E-state index in [1.54, 1.807) is 13.0 Å². The molecule has 0 aliphatic carbocycles. The first-order valence-corrected chi connectivity index (χ1v) is 7.64. The van der Waals surface area contributed by atoms with Gasteiger partial charge in [-0.2, -0.15) is 0 Å². The number of nitrogens with zero attached hydrogens (tertiary/aromatic N) is 3. The fourth-order valence-electron chi connectivity index (χ4n) is 2.54. The van der Waals surface area contributed by atoms with Crippen molar-refractivity contribution >= 4 is 11.0 Å². The fraction of sp³-hybridized carbons (Fsp3) is 0.105. The average molecular weight is 353 g/mol. The molecule has 0 radical (unpaired) electrons. The average Bonchev–Trinajstić information content (AvgIpc) is 2.62. The van der Waals surface area contributed by atoms with Crippen LogP contribution < -0.4 is 11.2 Å². The summed E-state index contributed by atoms with van der Waals surface area (Å²) in [7, 11) is 1.38. The summed E-state index contributed by atoms with van der Waals surface area (Å²) in [6.07, 6.45) is 4.63. The number of rotatable bonds is 1. The standard InChI is InChI=1S/C19H13F2N3O2/c1-3-4-5-7-12-10-14(20)16(15(21)11-12)24-18(25)13-8-6-9-22-17(13)23(2)19(24)26/h3-4,6,8-11H,1-2H3. The summed E-state index contributed by atoms with van der Waals surface area (Å²) in [5, 5.41) is 0.0744. The van der Waals surface area contributed by atoms with Crippen molar-refractivity contribution in [2.24, 2.45) is 7.05 Å². The van der Waals surface area contributed by atoms with Crippen LogP contribution in [0.1, 0.15) is 12.5 Å². The number of allylic oxidation sites excluding steroid dienone is 2. The van der Waals surface area contributed by atoms with Crippen LogP contribution in [0.15, 0.2) is 52.2 Å². The topological polar surface area (TPSA) is 56.9 Å². The second kappa shape index (κ2) is 6.76. The monoisotopic (exact) mass is 353 g/mol. The maximum atomic E-state index is 14.5. The molecule has 2 aromatic heterocycles. The normalized spacial score (nSPS) is 10.9. The van der Waals surface area contributed by atoms with Crippen molar-refractivity contribution in [2.75, 3.05) is 0 Å². The van der Waals surface area contributed by atoms with Gasteiger partial charge in [-0.15, -0.1) is 0 Å². The minimum absolute atomic E-state index is 0.0744. The molecular formula is C19H13F2N3O2. The summed E-state index contributed by atoms with van der Waals surface area (Å²) >= 11 is 0. The number of hydrogen-bond acceptors (Lipinski definition) is 3. The van der Waals surface area contributed by atoms with Gasteiger partial charge in [0.1, 0.15) is 11.3 Å². The molecule has 0 unspecified atom stereocenters. The molecule has 3 aromatic rings. The lowest BCUT2D eigenvalue weighted by Crippen LogP contribution is -2.39. The van der Waals surface area contributed by atoms with Gasteiger partial charge < -0.3 is 0 Å². The predicted octanol–water partition coefficient (Wildman–Crippen LogP) is 2.29. The van der Waals surface area contributed by atoms with E-state index in [0.717, 1.165) is 16.7 Å². The van der Waals surface area contributed by atoms with Crippen LogP contribution in [0.2, 0.25) is 0 Å². The largest absolute Gasteiger partial charge is 0.337 e. The smallest absolute Gasteiger partial charge is 0.280 e. The van der Waals surface area contributed by atoms with E-state index in [9.17, 15) is 18.4 Å². The summed E-state index contributed by atoms with van der Waals surface area (Å²) in [5.74, 6) is 3.08. The molecule has 0 N–H and O–H groups in total. The molecule has 7 heteroatoms. The maximum absolute atomic E-state index is 14.5. The van der Waals surface area contributed by atoms with Crippen molar-refractivity contribution in [3.8, 4) is 17.5 Å². The third-order valence-electron chi connectivity index (χ3n) is 3.72. The van der Waals surface area contributed by atoms with Gasteiger partial charge in [-0.1, -0.05) is 17.9 Å². The van der Waals surface area contributed by atoms with Gasteiger partial charge >= 0.3 is 5.69 Å². The van der Waals surface area contributed by atoms with Crippen LogP contribution in [-0.4, -0.2) is 14.1 Å². The summed E-state index contributed by atoms with van der Waals surface area (Å²) in [5.41, 5.74) is -2.26. The van der Waals surface area contributed by atoms with E-state index in [1.165, 1.54) is 31.5 Å². The third-order valence-corrected chi connectivity index (χ3v) is 3.72. The Hall–Kier alpha value is -3.53. The number of halogens is 2. The predicted molar refractivity (Wildman–Crippen MR) is 94.2 cm³/mol. The molecule has 0 fully saturated rings. The highest BCUT2D eigenvalue weighted by Crippen LogP contribution is 2.18. The highest BCUT2D eigenvalue weighted by molar-refractivity contribution is 5.73. The molecule has 0 aliphatic heterocycles. The number of aryl methyl sites for hydroxylation is 1. The minimum atomic E-state index is -1.06. The Labute approximate surface area is 146 Å². The summed E-state index contributed by atoms with van der Waals surface area (Å²) in [6, 6.07) is 4.90. The molecule has 0 atom stereocenters. The van der Waals surface area contributed by atoms with Crippen LogP contribution in [0, 0.1) is 23.5 Å². The maximum Gasteiger partial charge on any atom is 0.337 e. The fourth-order valence-corrected chi connectivity index (χ4v) is 2.54. The lowest BCUT2D eigenvalue weighted by molar-refractivity contribution is 0.558. The number of fused-ring (bicyclic) bond motifs is 1. The zero-order chi connectivity index (χ0) is 18.8. The van der Waals surface area contributed by atoms with Gasteiger partial charge in [0.25, 0.3) is 5.56 Å². The van der Waals surface area contributed by atoms with Gasteiger partial charge in [0.2, 0.25) is 0 Å². The quantitative estimate of drug-likeness (QED) is 0.631. The second-order valence-electron chi connectivity index (χ2n) is 5.41. The van der Waals surface area contributed by atoms with Gasteiger partial charge in [-0.3, -0.25) is 9.36 Å². The van der Waals surface area contributed by atoms with Crippen molar-refractivity contribution in [2.45, 2.75) is 6.92 Å². The first-order chi connectivity index (χ1) is 12.5. The Bertz CT molecular complexity index is 1200. The van der Waals surface area contributed by atoms with Crippen LogP contribution in [0.5, 0.6) is 0 Å². The second-order valence-corrected chi connectivity index (χ2v) is 5.41.